The fourth-order valence-corrected chi connectivity index (χ4v) is 2.22. The fraction of sp³-hybridized carbons (Fsp3) is 0.273. The Morgan fingerprint density at radius 1 is 1.58 bits per heavy atom. The highest BCUT2D eigenvalue weighted by Gasteiger charge is 2.26. The van der Waals surface area contributed by atoms with Gasteiger partial charge in [-0.15, -0.1) is 11.3 Å². The zero-order valence-electron chi connectivity index (χ0n) is 6.99. The van der Waals surface area contributed by atoms with Crippen molar-refractivity contribution in [2.24, 2.45) is 5.92 Å². The zero-order valence-corrected chi connectivity index (χ0v) is 7.81. The Balaban J connectivity index is 2.27. The molecule has 62 valence electrons. The van der Waals surface area contributed by atoms with Crippen LogP contribution >= 0.6 is 11.3 Å². The molecule has 1 aromatic rings. The number of thiophene rings is 1. The van der Waals surface area contributed by atoms with Crippen LogP contribution in [0.2, 0.25) is 0 Å². The number of hydrogen-bond acceptors (Lipinski definition) is 1. The van der Waals surface area contributed by atoms with Crippen LogP contribution in [0.1, 0.15) is 17.7 Å². The number of hydrogen-bond donors (Lipinski definition) is 0. The summed E-state index contributed by atoms with van der Waals surface area (Å²) in [6.45, 7) is 3.75. The Bertz CT molecular complexity index is 289. The Morgan fingerprint density at radius 2 is 2.42 bits per heavy atom. The minimum atomic E-state index is 0.821. The van der Waals surface area contributed by atoms with E-state index in [1.54, 1.807) is 0 Å². The molecule has 0 atom stereocenters. The summed E-state index contributed by atoms with van der Waals surface area (Å²) in [6, 6.07) is 4.30. The fourth-order valence-electron chi connectivity index (χ4n) is 1.38. The van der Waals surface area contributed by atoms with Crippen molar-refractivity contribution in [3.8, 4) is 0 Å². The maximum absolute atomic E-state index is 3.75. The highest BCUT2D eigenvalue weighted by molar-refractivity contribution is 7.11. The average Bonchev–Trinajstić information content (AvgIpc) is 2.77. The van der Waals surface area contributed by atoms with Gasteiger partial charge in [0.2, 0.25) is 0 Å². The molecule has 1 aliphatic rings. The molecule has 0 N–H and O–H groups in total. The first-order chi connectivity index (χ1) is 5.92. The van der Waals surface area contributed by atoms with E-state index >= 15 is 0 Å². The van der Waals surface area contributed by atoms with E-state index < -0.39 is 0 Å². The van der Waals surface area contributed by atoms with Gasteiger partial charge in [0, 0.05) is 4.88 Å². The van der Waals surface area contributed by atoms with Gasteiger partial charge >= 0.3 is 0 Å². The first kappa shape index (κ1) is 7.81. The molecular weight excluding hydrogens is 164 g/mol. The number of rotatable bonds is 3. The van der Waals surface area contributed by atoms with Crippen molar-refractivity contribution in [1.29, 1.82) is 0 Å². The monoisotopic (exact) mass is 176 g/mol. The normalized spacial score (nSPS) is 17.8. The molecule has 0 unspecified atom stereocenters. The minimum absolute atomic E-state index is 0.821. The van der Waals surface area contributed by atoms with E-state index in [4.69, 9.17) is 0 Å². The lowest BCUT2D eigenvalue weighted by Crippen LogP contribution is -1.80. The van der Waals surface area contributed by atoms with Gasteiger partial charge in [-0.1, -0.05) is 24.8 Å². The SMILES string of the molecule is C=C/C=C(\c1cccs1)C1CC1. The van der Waals surface area contributed by atoms with Gasteiger partial charge in [-0.3, -0.25) is 0 Å². The van der Waals surface area contributed by atoms with Crippen molar-refractivity contribution >= 4 is 16.9 Å². The quantitative estimate of drug-likeness (QED) is 0.616. The van der Waals surface area contributed by atoms with E-state index in [9.17, 15) is 0 Å². The van der Waals surface area contributed by atoms with Crippen molar-refractivity contribution in [2.45, 2.75) is 12.8 Å². The third-order valence-corrected chi connectivity index (χ3v) is 3.04. The summed E-state index contributed by atoms with van der Waals surface area (Å²) in [5, 5.41) is 2.13. The van der Waals surface area contributed by atoms with Crippen LogP contribution in [0.3, 0.4) is 0 Å². The van der Waals surface area contributed by atoms with Gasteiger partial charge in [-0.25, -0.2) is 0 Å². The van der Waals surface area contributed by atoms with Gasteiger partial charge < -0.3 is 0 Å². The van der Waals surface area contributed by atoms with Crippen LogP contribution in [0.15, 0.2) is 36.2 Å². The van der Waals surface area contributed by atoms with Crippen LogP contribution in [0.25, 0.3) is 5.57 Å². The van der Waals surface area contributed by atoms with Crippen LogP contribution in [0.5, 0.6) is 0 Å². The second-order valence-electron chi connectivity index (χ2n) is 3.11. The van der Waals surface area contributed by atoms with Crippen molar-refractivity contribution in [3.05, 3.63) is 41.1 Å². The lowest BCUT2D eigenvalue weighted by Gasteiger charge is -1.99. The summed E-state index contributed by atoms with van der Waals surface area (Å²) in [7, 11) is 0. The Kier molecular flexibility index (Phi) is 2.13. The van der Waals surface area contributed by atoms with Crippen LogP contribution in [-0.4, -0.2) is 0 Å². The summed E-state index contributed by atoms with van der Waals surface area (Å²) >= 11 is 1.82. The summed E-state index contributed by atoms with van der Waals surface area (Å²) in [6.07, 6.45) is 6.77. The van der Waals surface area contributed by atoms with E-state index in [1.807, 2.05) is 17.4 Å². The van der Waals surface area contributed by atoms with Crippen LogP contribution in [-0.2, 0) is 0 Å². The Morgan fingerprint density at radius 3 is 2.92 bits per heavy atom. The molecule has 0 nitrogen and oxygen atoms in total. The van der Waals surface area contributed by atoms with E-state index in [2.05, 4.69) is 30.2 Å². The smallest absolute Gasteiger partial charge is 0.0305 e. The molecule has 0 bridgehead atoms. The van der Waals surface area contributed by atoms with Gasteiger partial charge in [-0.2, -0.15) is 0 Å². The number of allylic oxidation sites excluding steroid dienone is 3. The van der Waals surface area contributed by atoms with E-state index in [0.29, 0.717) is 0 Å². The highest BCUT2D eigenvalue weighted by Crippen LogP contribution is 2.43. The molecule has 1 heteroatoms. The first-order valence-corrected chi connectivity index (χ1v) is 5.16. The summed E-state index contributed by atoms with van der Waals surface area (Å²) in [5.74, 6) is 0.821. The third-order valence-electron chi connectivity index (χ3n) is 2.12. The summed E-state index contributed by atoms with van der Waals surface area (Å²) < 4.78 is 0. The van der Waals surface area contributed by atoms with Gasteiger partial charge in [0.15, 0.2) is 0 Å². The topological polar surface area (TPSA) is 0 Å². The second-order valence-corrected chi connectivity index (χ2v) is 4.06. The molecule has 1 aliphatic carbocycles. The van der Waals surface area contributed by atoms with Crippen LogP contribution in [0, 0.1) is 5.92 Å². The predicted octanol–water partition coefficient (Wildman–Crippen LogP) is 3.73. The van der Waals surface area contributed by atoms with E-state index in [0.717, 1.165) is 5.92 Å². The maximum atomic E-state index is 3.75. The molecular formula is C11H12S. The lowest BCUT2D eigenvalue weighted by atomic mass is 10.1. The minimum Gasteiger partial charge on any atom is -0.144 e. The largest absolute Gasteiger partial charge is 0.144 e. The first-order valence-electron chi connectivity index (χ1n) is 4.28. The average molecular weight is 176 g/mol. The van der Waals surface area contributed by atoms with Gasteiger partial charge in [0.1, 0.15) is 0 Å². The second kappa shape index (κ2) is 3.28. The highest BCUT2D eigenvalue weighted by atomic mass is 32.1. The Hall–Kier alpha value is -0.820. The van der Waals surface area contributed by atoms with E-state index in [-0.39, 0.29) is 0 Å². The standard InChI is InChI=1S/C11H12S/c1-2-4-10(9-6-7-9)11-5-3-8-12-11/h2-5,8-9H,1,6-7H2/b10-4-. The van der Waals surface area contributed by atoms with Crippen LogP contribution in [0.4, 0.5) is 0 Å². The van der Waals surface area contributed by atoms with E-state index in [1.165, 1.54) is 23.3 Å². The van der Waals surface area contributed by atoms with Gasteiger partial charge in [0.05, 0.1) is 0 Å². The van der Waals surface area contributed by atoms with Crippen molar-refractivity contribution < 1.29 is 0 Å². The molecule has 0 aromatic carbocycles. The molecule has 2 rings (SSSR count). The zero-order chi connectivity index (χ0) is 8.39. The van der Waals surface area contributed by atoms with Gasteiger partial charge in [0.25, 0.3) is 0 Å². The van der Waals surface area contributed by atoms with Crippen molar-refractivity contribution in [1.82, 2.24) is 0 Å². The van der Waals surface area contributed by atoms with Crippen LogP contribution < -0.4 is 0 Å². The third kappa shape index (κ3) is 1.51. The summed E-state index contributed by atoms with van der Waals surface area (Å²) in [5.41, 5.74) is 1.49. The van der Waals surface area contributed by atoms with Crippen molar-refractivity contribution in [3.63, 3.8) is 0 Å². The molecule has 12 heavy (non-hydrogen) atoms. The Labute approximate surface area is 77.2 Å². The molecule has 0 radical (unpaired) electrons. The predicted molar refractivity (Wildman–Crippen MR) is 55.2 cm³/mol. The molecule has 0 amide bonds. The summed E-state index contributed by atoms with van der Waals surface area (Å²) in [4.78, 5) is 1.41. The molecule has 1 fully saturated rings. The van der Waals surface area contributed by atoms with Crippen molar-refractivity contribution in [2.75, 3.05) is 0 Å². The molecule has 1 saturated carbocycles. The molecule has 0 aliphatic heterocycles. The maximum Gasteiger partial charge on any atom is 0.0305 e. The molecule has 0 saturated heterocycles. The van der Waals surface area contributed by atoms with Gasteiger partial charge in [-0.05, 0) is 35.8 Å². The molecule has 0 spiro atoms. The lowest BCUT2D eigenvalue weighted by molar-refractivity contribution is 1.16. The molecule has 1 aromatic heterocycles. The molecule has 1 heterocycles.